The maximum atomic E-state index is 14.3. The zero-order valence-corrected chi connectivity index (χ0v) is 22.1. The Morgan fingerprint density at radius 1 is 1.26 bits per heavy atom. The molecular weight excluding hydrogens is 450 g/mol. The highest BCUT2D eigenvalue weighted by molar-refractivity contribution is 8.02. The lowest BCUT2D eigenvalue weighted by Gasteiger charge is -2.43. The van der Waals surface area contributed by atoms with Crippen LogP contribution in [-0.2, 0) is 14.4 Å². The van der Waals surface area contributed by atoms with Gasteiger partial charge in [-0.3, -0.25) is 14.4 Å². The molecule has 7 nitrogen and oxygen atoms in total. The minimum absolute atomic E-state index is 0.00222. The predicted octanol–water partition coefficient (Wildman–Crippen LogP) is 2.55. The summed E-state index contributed by atoms with van der Waals surface area (Å²) < 4.78 is -0.678. The topological polar surface area (TPSA) is 81.2 Å². The van der Waals surface area contributed by atoms with Crippen molar-refractivity contribution in [1.82, 2.24) is 14.7 Å². The predicted molar refractivity (Wildman–Crippen MR) is 136 cm³/mol. The van der Waals surface area contributed by atoms with Gasteiger partial charge in [-0.2, -0.15) is 0 Å². The van der Waals surface area contributed by atoms with Crippen LogP contribution in [0.15, 0.2) is 25.3 Å². The van der Waals surface area contributed by atoms with Gasteiger partial charge >= 0.3 is 0 Å². The minimum atomic E-state index is -0.709. The first kappa shape index (κ1) is 26.8. The van der Waals surface area contributed by atoms with Gasteiger partial charge in [-0.05, 0) is 32.6 Å². The highest BCUT2D eigenvalue weighted by Crippen LogP contribution is 2.69. The minimum Gasteiger partial charge on any atom is -0.394 e. The highest BCUT2D eigenvalue weighted by atomic mass is 32.2. The molecule has 3 rings (SSSR count). The Bertz CT molecular complexity index is 835. The number of fused-ring (bicyclic) bond motifs is 1. The van der Waals surface area contributed by atoms with E-state index in [0.29, 0.717) is 13.1 Å². The van der Waals surface area contributed by atoms with Crippen molar-refractivity contribution < 1.29 is 19.5 Å². The number of hydrogen-bond donors (Lipinski definition) is 1. The van der Waals surface area contributed by atoms with E-state index in [-0.39, 0.29) is 41.5 Å². The van der Waals surface area contributed by atoms with E-state index >= 15 is 0 Å². The molecule has 3 saturated heterocycles. The molecule has 0 radical (unpaired) electrons. The van der Waals surface area contributed by atoms with Gasteiger partial charge in [-0.15, -0.1) is 24.9 Å². The molecule has 8 atom stereocenters. The molecule has 1 spiro atoms. The molecule has 0 aliphatic carbocycles. The Morgan fingerprint density at radius 3 is 2.47 bits per heavy atom. The van der Waals surface area contributed by atoms with Gasteiger partial charge in [0.05, 0.1) is 29.2 Å². The number of aliphatic hydroxyl groups is 1. The van der Waals surface area contributed by atoms with Crippen molar-refractivity contribution in [3.05, 3.63) is 25.3 Å². The van der Waals surface area contributed by atoms with E-state index in [1.54, 1.807) is 47.7 Å². The Morgan fingerprint density at radius 2 is 1.91 bits per heavy atom. The molecule has 2 bridgehead atoms. The molecule has 0 saturated carbocycles. The number of hydrogen-bond acceptors (Lipinski definition) is 5. The number of carbonyl (C=O) groups is 3. The molecule has 190 valence electrons. The third kappa shape index (κ3) is 4.00. The molecule has 3 heterocycles. The van der Waals surface area contributed by atoms with Gasteiger partial charge in [-0.25, -0.2) is 0 Å². The van der Waals surface area contributed by atoms with Crippen LogP contribution in [0.3, 0.4) is 0 Å². The lowest BCUT2D eigenvalue weighted by Crippen LogP contribution is -2.60. The molecule has 1 N–H and O–H groups in total. The molecule has 0 aromatic carbocycles. The van der Waals surface area contributed by atoms with Gasteiger partial charge in [0.1, 0.15) is 6.04 Å². The van der Waals surface area contributed by atoms with Gasteiger partial charge in [0.25, 0.3) is 0 Å². The first-order chi connectivity index (χ1) is 16.1. The number of aliphatic hydroxyl groups excluding tert-OH is 1. The summed E-state index contributed by atoms with van der Waals surface area (Å²) in [7, 11) is 1.74. The van der Waals surface area contributed by atoms with Crippen LogP contribution in [0.25, 0.3) is 0 Å². The summed E-state index contributed by atoms with van der Waals surface area (Å²) in [6.45, 7) is 16.2. The number of nitrogens with zero attached hydrogens (tertiary/aromatic N) is 3. The lowest BCUT2D eigenvalue weighted by atomic mass is 9.65. The summed E-state index contributed by atoms with van der Waals surface area (Å²) in [4.78, 5) is 46.9. The van der Waals surface area contributed by atoms with E-state index < -0.39 is 28.7 Å². The molecule has 3 fully saturated rings. The molecule has 3 aliphatic rings. The SMILES string of the molecule is C=CCN(C)C(=O)[C@@H]1[C@@H]2CC(C)C3(S2)C(C(=O)N(CC=C)C(C)CCC)N([C@H](C)CO)C(=O)[C@H]13. The second kappa shape index (κ2) is 10.4. The molecule has 0 aromatic heterocycles. The Labute approximate surface area is 208 Å². The number of thioether (sulfide) groups is 1. The summed E-state index contributed by atoms with van der Waals surface area (Å²) in [6, 6.07) is -1.22. The zero-order chi connectivity index (χ0) is 25.4. The van der Waals surface area contributed by atoms with Crippen LogP contribution in [0.1, 0.15) is 47.0 Å². The Balaban J connectivity index is 2.11. The van der Waals surface area contributed by atoms with E-state index in [2.05, 4.69) is 27.0 Å². The average molecular weight is 492 g/mol. The Hall–Kier alpha value is -1.80. The van der Waals surface area contributed by atoms with Gasteiger partial charge in [0.15, 0.2) is 0 Å². The molecule has 3 aliphatic heterocycles. The molecular formula is C26H41N3O4S. The van der Waals surface area contributed by atoms with E-state index in [1.165, 1.54) is 0 Å². The number of likely N-dealkylation sites (tertiary alicyclic amines) is 1. The molecule has 34 heavy (non-hydrogen) atoms. The van der Waals surface area contributed by atoms with Gasteiger partial charge in [0.2, 0.25) is 17.7 Å². The van der Waals surface area contributed by atoms with Gasteiger partial charge in [0, 0.05) is 31.4 Å². The molecule has 8 heteroatoms. The van der Waals surface area contributed by atoms with Gasteiger partial charge < -0.3 is 19.8 Å². The fraction of sp³-hybridized carbons (Fsp3) is 0.731. The van der Waals surface area contributed by atoms with Crippen LogP contribution in [0.2, 0.25) is 0 Å². The monoisotopic (exact) mass is 491 g/mol. The van der Waals surface area contributed by atoms with Crippen molar-refractivity contribution in [2.45, 2.75) is 75.1 Å². The molecule has 3 amide bonds. The first-order valence-electron chi connectivity index (χ1n) is 12.5. The summed E-state index contributed by atoms with van der Waals surface area (Å²) in [5, 5.41) is 10.1. The van der Waals surface area contributed by atoms with Crippen LogP contribution >= 0.6 is 11.8 Å². The summed E-state index contributed by atoms with van der Waals surface area (Å²) in [6.07, 6.45) is 6.00. The third-order valence-corrected chi connectivity index (χ3v) is 10.1. The number of amides is 3. The van der Waals surface area contributed by atoms with E-state index in [9.17, 15) is 19.5 Å². The van der Waals surface area contributed by atoms with E-state index in [1.807, 2.05) is 11.8 Å². The second-order valence-electron chi connectivity index (χ2n) is 10.3. The third-order valence-electron chi connectivity index (χ3n) is 8.07. The molecule has 4 unspecified atom stereocenters. The standard InChI is InChI=1S/C26H41N3O4S/c1-8-11-17(5)28(13-10-3)25(33)22-26-16(4)14-19(34-26)20(23(31)27(7)12-9-2)21(26)24(32)29(22)18(6)15-30/h9-10,16-22,30H,2-3,8,11-15H2,1,4-7H3/t16?,17?,18-,19+,20-,21+,22?,26?/m1/s1. The van der Waals surface area contributed by atoms with Crippen LogP contribution < -0.4 is 0 Å². The van der Waals surface area contributed by atoms with Crippen molar-refractivity contribution in [3.63, 3.8) is 0 Å². The summed E-state index contributed by atoms with van der Waals surface area (Å²) >= 11 is 1.67. The van der Waals surface area contributed by atoms with Crippen LogP contribution in [0, 0.1) is 17.8 Å². The second-order valence-corrected chi connectivity index (χ2v) is 11.8. The molecule has 0 aromatic rings. The van der Waals surface area contributed by atoms with Crippen molar-refractivity contribution in [1.29, 1.82) is 0 Å². The van der Waals surface area contributed by atoms with Gasteiger partial charge in [-0.1, -0.05) is 32.4 Å². The summed E-state index contributed by atoms with van der Waals surface area (Å²) in [5.41, 5.74) is 0. The number of likely N-dealkylation sites (N-methyl/N-ethyl adjacent to an activating group) is 1. The number of carbonyl (C=O) groups excluding carboxylic acids is 3. The normalized spacial score (nSPS) is 33.4. The van der Waals surface area contributed by atoms with Crippen molar-refractivity contribution >= 4 is 29.5 Å². The largest absolute Gasteiger partial charge is 0.394 e. The first-order valence-corrected chi connectivity index (χ1v) is 13.4. The quantitative estimate of drug-likeness (QED) is 0.449. The lowest BCUT2D eigenvalue weighted by molar-refractivity contribution is -0.147. The van der Waals surface area contributed by atoms with Crippen LogP contribution in [0.5, 0.6) is 0 Å². The fourth-order valence-corrected chi connectivity index (χ4v) is 8.87. The maximum absolute atomic E-state index is 14.3. The fourth-order valence-electron chi connectivity index (χ4n) is 6.48. The van der Waals surface area contributed by atoms with Crippen molar-refractivity contribution in [2.75, 3.05) is 26.7 Å². The number of rotatable bonds is 11. The zero-order valence-electron chi connectivity index (χ0n) is 21.3. The van der Waals surface area contributed by atoms with Crippen molar-refractivity contribution in [3.8, 4) is 0 Å². The Kier molecular flexibility index (Phi) is 8.23. The average Bonchev–Trinajstić information content (AvgIpc) is 3.40. The maximum Gasteiger partial charge on any atom is 0.247 e. The van der Waals surface area contributed by atoms with Crippen LogP contribution in [-0.4, -0.2) is 92.4 Å². The smallest absolute Gasteiger partial charge is 0.247 e. The highest BCUT2D eigenvalue weighted by Gasteiger charge is 2.76. The van der Waals surface area contributed by atoms with E-state index in [4.69, 9.17) is 0 Å². The van der Waals surface area contributed by atoms with Crippen molar-refractivity contribution in [2.24, 2.45) is 17.8 Å². The summed E-state index contributed by atoms with van der Waals surface area (Å²) in [5.74, 6) is -1.26. The van der Waals surface area contributed by atoms with Crippen LogP contribution in [0.4, 0.5) is 0 Å². The van der Waals surface area contributed by atoms with E-state index in [0.717, 1.165) is 19.3 Å².